The summed E-state index contributed by atoms with van der Waals surface area (Å²) >= 11 is 1.44. The third-order valence-electron chi connectivity index (χ3n) is 6.61. The van der Waals surface area contributed by atoms with Crippen molar-refractivity contribution in [1.82, 2.24) is 4.57 Å². The number of anilines is 1. The standard InChI is InChI=1S/C28H25N3O4S/c1-17(27(34)30-28-21(15-29)18-9-3-2-4-14-24(18)36-28)35-25(32)16-31-22-12-7-5-10-19(22)26(33)20-11-6-8-13-23(20)31/h5-8,10-13,17H,2-4,9,14,16H2,1H3,(H,30,34). The molecule has 1 atom stereocenters. The van der Waals surface area contributed by atoms with E-state index in [1.54, 1.807) is 41.0 Å². The van der Waals surface area contributed by atoms with Crippen LogP contribution in [0.3, 0.4) is 0 Å². The number of ether oxygens (including phenoxy) is 1. The molecule has 1 unspecified atom stereocenters. The summed E-state index contributed by atoms with van der Waals surface area (Å²) in [6, 6.07) is 16.5. The Morgan fingerprint density at radius 3 is 2.36 bits per heavy atom. The quantitative estimate of drug-likeness (QED) is 0.238. The number of esters is 1. The predicted molar refractivity (Wildman–Crippen MR) is 140 cm³/mol. The lowest BCUT2D eigenvalue weighted by Crippen LogP contribution is -2.31. The van der Waals surface area contributed by atoms with Crippen LogP contribution in [-0.2, 0) is 33.7 Å². The van der Waals surface area contributed by atoms with Crippen molar-refractivity contribution < 1.29 is 14.3 Å². The Kier molecular flexibility index (Phi) is 6.57. The van der Waals surface area contributed by atoms with Crippen LogP contribution in [0.15, 0.2) is 53.3 Å². The maximum absolute atomic E-state index is 12.9. The highest BCUT2D eigenvalue weighted by atomic mass is 32.1. The summed E-state index contributed by atoms with van der Waals surface area (Å²) < 4.78 is 7.22. The van der Waals surface area contributed by atoms with Crippen molar-refractivity contribution in [1.29, 1.82) is 5.26 Å². The highest BCUT2D eigenvalue weighted by Crippen LogP contribution is 2.37. The molecule has 0 fully saturated rings. The van der Waals surface area contributed by atoms with Crippen molar-refractivity contribution >= 4 is 50.0 Å². The molecule has 1 N–H and O–H groups in total. The van der Waals surface area contributed by atoms with E-state index in [0.29, 0.717) is 32.4 Å². The molecule has 0 bridgehead atoms. The van der Waals surface area contributed by atoms with Crippen molar-refractivity contribution in [3.05, 3.63) is 74.8 Å². The van der Waals surface area contributed by atoms with E-state index >= 15 is 0 Å². The van der Waals surface area contributed by atoms with E-state index in [1.165, 1.54) is 18.3 Å². The van der Waals surface area contributed by atoms with Crippen LogP contribution in [0, 0.1) is 11.3 Å². The summed E-state index contributed by atoms with van der Waals surface area (Å²) in [5.74, 6) is -1.08. The lowest BCUT2D eigenvalue weighted by molar-refractivity contribution is -0.153. The highest BCUT2D eigenvalue weighted by Gasteiger charge is 2.24. The first-order valence-corrected chi connectivity index (χ1v) is 12.8. The molecule has 4 aromatic rings. The number of nitrogens with one attached hydrogen (secondary N) is 1. The molecule has 0 saturated carbocycles. The number of carbonyl (C=O) groups excluding carboxylic acids is 2. The van der Waals surface area contributed by atoms with Crippen molar-refractivity contribution in [2.24, 2.45) is 0 Å². The second kappa shape index (κ2) is 9.96. The van der Waals surface area contributed by atoms with E-state index in [1.807, 2.05) is 12.1 Å². The molecule has 0 radical (unpaired) electrons. The zero-order valence-corrected chi connectivity index (χ0v) is 20.7. The van der Waals surface area contributed by atoms with Crippen molar-refractivity contribution in [3.8, 4) is 6.07 Å². The number of carbonyl (C=O) groups is 2. The fraction of sp³-hybridized carbons (Fsp3) is 0.286. The molecule has 7 nitrogen and oxygen atoms in total. The number of aryl methyl sites for hydroxylation is 1. The van der Waals surface area contributed by atoms with Gasteiger partial charge in [0.15, 0.2) is 11.5 Å². The number of benzene rings is 2. The number of aromatic nitrogens is 1. The molecule has 5 rings (SSSR count). The Bertz CT molecular complexity index is 1530. The zero-order valence-electron chi connectivity index (χ0n) is 19.9. The molecule has 36 heavy (non-hydrogen) atoms. The third kappa shape index (κ3) is 4.38. The number of thiophene rings is 1. The number of rotatable bonds is 5. The predicted octanol–water partition coefficient (Wildman–Crippen LogP) is 4.93. The molecule has 2 aromatic heterocycles. The number of hydrogen-bond donors (Lipinski definition) is 1. The van der Waals surface area contributed by atoms with Gasteiger partial charge >= 0.3 is 5.97 Å². The lowest BCUT2D eigenvalue weighted by Gasteiger charge is -2.17. The average Bonchev–Trinajstić information content (AvgIpc) is 3.04. The maximum Gasteiger partial charge on any atom is 0.326 e. The Morgan fingerprint density at radius 1 is 1.06 bits per heavy atom. The van der Waals surface area contributed by atoms with Crippen LogP contribution in [0.25, 0.3) is 21.8 Å². The Balaban J connectivity index is 1.35. The van der Waals surface area contributed by atoms with Gasteiger partial charge in [0.05, 0.1) is 16.6 Å². The first-order valence-electron chi connectivity index (χ1n) is 12.0. The van der Waals surface area contributed by atoms with Crippen LogP contribution in [0.2, 0.25) is 0 Å². The number of fused-ring (bicyclic) bond motifs is 3. The van der Waals surface area contributed by atoms with Crippen molar-refractivity contribution in [2.45, 2.75) is 51.7 Å². The number of pyridine rings is 1. The van der Waals surface area contributed by atoms with Gasteiger partial charge in [-0.3, -0.25) is 14.4 Å². The van der Waals surface area contributed by atoms with Gasteiger partial charge in [0.1, 0.15) is 17.6 Å². The molecule has 1 amide bonds. The van der Waals surface area contributed by atoms with Crippen LogP contribution in [0.4, 0.5) is 5.00 Å². The normalized spacial score (nSPS) is 14.0. The molecule has 0 aliphatic heterocycles. The number of para-hydroxylation sites is 2. The summed E-state index contributed by atoms with van der Waals surface area (Å²) in [5, 5.41) is 14.1. The van der Waals surface area contributed by atoms with Gasteiger partial charge in [0, 0.05) is 15.6 Å². The average molecular weight is 500 g/mol. The fourth-order valence-electron chi connectivity index (χ4n) is 4.83. The molecule has 0 spiro atoms. The zero-order chi connectivity index (χ0) is 25.2. The molecular weight excluding hydrogens is 474 g/mol. The number of amides is 1. The summed E-state index contributed by atoms with van der Waals surface area (Å²) in [6.07, 6.45) is 3.96. The van der Waals surface area contributed by atoms with Gasteiger partial charge in [-0.15, -0.1) is 11.3 Å². The van der Waals surface area contributed by atoms with Gasteiger partial charge in [-0.2, -0.15) is 5.26 Å². The summed E-state index contributed by atoms with van der Waals surface area (Å²) in [4.78, 5) is 39.9. The molecule has 1 aliphatic rings. The maximum atomic E-state index is 12.9. The number of hydrogen-bond acceptors (Lipinski definition) is 6. The van der Waals surface area contributed by atoms with E-state index in [2.05, 4.69) is 11.4 Å². The van der Waals surface area contributed by atoms with Gasteiger partial charge in [0.2, 0.25) is 0 Å². The first kappa shape index (κ1) is 23.8. The van der Waals surface area contributed by atoms with Crippen LogP contribution in [-0.4, -0.2) is 22.5 Å². The Morgan fingerprint density at radius 2 is 1.69 bits per heavy atom. The minimum Gasteiger partial charge on any atom is -0.451 e. The minimum atomic E-state index is -1.05. The molecule has 2 aromatic carbocycles. The van der Waals surface area contributed by atoms with Gasteiger partial charge in [-0.05, 0) is 62.4 Å². The Hall–Kier alpha value is -3.96. The topological polar surface area (TPSA) is 101 Å². The molecule has 2 heterocycles. The largest absolute Gasteiger partial charge is 0.451 e. The van der Waals surface area contributed by atoms with Crippen LogP contribution in [0.5, 0.6) is 0 Å². The van der Waals surface area contributed by atoms with Crippen molar-refractivity contribution in [2.75, 3.05) is 5.32 Å². The smallest absolute Gasteiger partial charge is 0.326 e. The third-order valence-corrected chi connectivity index (χ3v) is 7.82. The number of nitriles is 1. The van der Waals surface area contributed by atoms with Crippen LogP contribution < -0.4 is 10.7 Å². The second-order valence-corrected chi connectivity index (χ2v) is 10.1. The van der Waals surface area contributed by atoms with E-state index in [9.17, 15) is 19.6 Å². The summed E-state index contributed by atoms with van der Waals surface area (Å²) in [5.41, 5.74) is 2.70. The fourth-order valence-corrected chi connectivity index (χ4v) is 6.07. The van der Waals surface area contributed by atoms with Crippen molar-refractivity contribution in [3.63, 3.8) is 0 Å². The molecule has 1 aliphatic carbocycles. The number of nitrogens with zero attached hydrogens (tertiary/aromatic N) is 2. The first-order chi connectivity index (χ1) is 17.5. The molecular formula is C28H25N3O4S. The molecule has 182 valence electrons. The van der Waals surface area contributed by atoms with Gasteiger partial charge in [0.25, 0.3) is 5.91 Å². The Labute approximate surface area is 211 Å². The van der Waals surface area contributed by atoms with Crippen LogP contribution in [0.1, 0.15) is 42.2 Å². The highest BCUT2D eigenvalue weighted by molar-refractivity contribution is 7.16. The monoisotopic (exact) mass is 499 g/mol. The van der Waals surface area contributed by atoms with Gasteiger partial charge in [-0.1, -0.05) is 30.7 Å². The second-order valence-electron chi connectivity index (χ2n) is 8.95. The molecule has 8 heteroatoms. The lowest BCUT2D eigenvalue weighted by atomic mass is 10.1. The van der Waals surface area contributed by atoms with Gasteiger partial charge in [-0.25, -0.2) is 0 Å². The SMILES string of the molecule is CC(OC(=O)Cn1c2ccccc2c(=O)c2ccccc21)C(=O)Nc1sc2c(c1C#N)CCCCC2. The molecule has 0 saturated heterocycles. The van der Waals surface area contributed by atoms with E-state index in [-0.39, 0.29) is 12.0 Å². The van der Waals surface area contributed by atoms with Crippen LogP contribution >= 0.6 is 11.3 Å². The minimum absolute atomic E-state index is 0.0961. The van der Waals surface area contributed by atoms with Gasteiger partial charge < -0.3 is 14.6 Å². The van der Waals surface area contributed by atoms with E-state index in [0.717, 1.165) is 42.5 Å². The van der Waals surface area contributed by atoms with E-state index < -0.39 is 18.0 Å². The summed E-state index contributed by atoms with van der Waals surface area (Å²) in [7, 11) is 0. The van der Waals surface area contributed by atoms with E-state index in [4.69, 9.17) is 4.74 Å². The summed E-state index contributed by atoms with van der Waals surface area (Å²) in [6.45, 7) is 1.36.